The Hall–Kier alpha value is -2.56. The smallest absolute Gasteiger partial charge is 0.324 e. The molecule has 0 aliphatic heterocycles. The molecule has 0 fully saturated rings. The minimum absolute atomic E-state index is 0.0275. The van der Waals surface area contributed by atoms with Crippen molar-refractivity contribution in [1.82, 2.24) is 14.8 Å². The van der Waals surface area contributed by atoms with Gasteiger partial charge in [-0.25, -0.2) is 0 Å². The molecule has 0 aliphatic rings. The van der Waals surface area contributed by atoms with Crippen LogP contribution in [0.1, 0.15) is 12.5 Å². The molecule has 5 nitrogen and oxygen atoms in total. The number of hydrogen-bond acceptors (Lipinski definition) is 5. The van der Waals surface area contributed by atoms with Crippen molar-refractivity contribution in [2.75, 3.05) is 11.1 Å². The Morgan fingerprint density at radius 2 is 2.00 bits per heavy atom. The fraction of sp³-hybridized carbons (Fsp3) is 0.190. The number of rotatable bonds is 6. The molecule has 0 saturated heterocycles. The van der Waals surface area contributed by atoms with Crippen LogP contribution in [0.3, 0.4) is 0 Å². The van der Waals surface area contributed by atoms with Crippen LogP contribution in [0.15, 0.2) is 53.0 Å². The Morgan fingerprint density at radius 1 is 1.22 bits per heavy atom. The van der Waals surface area contributed by atoms with Crippen molar-refractivity contribution in [2.45, 2.75) is 24.8 Å². The van der Waals surface area contributed by atoms with E-state index in [-0.39, 0.29) is 16.5 Å². The lowest BCUT2D eigenvalue weighted by molar-refractivity contribution is -0.137. The number of nitrogens with zero attached hydrogens (tertiary/aromatic N) is 3. The van der Waals surface area contributed by atoms with Crippen LogP contribution in [0.4, 0.5) is 18.9 Å². The molecule has 2 heterocycles. The van der Waals surface area contributed by atoms with Gasteiger partial charge in [0, 0.05) is 27.6 Å². The van der Waals surface area contributed by atoms with Crippen LogP contribution in [0.2, 0.25) is 5.02 Å². The van der Waals surface area contributed by atoms with E-state index in [9.17, 15) is 18.0 Å². The molecule has 0 radical (unpaired) electrons. The molecular formula is C21H16ClF3N4OS2. The van der Waals surface area contributed by atoms with Gasteiger partial charge in [0.15, 0.2) is 11.0 Å². The highest BCUT2D eigenvalue weighted by atomic mass is 35.5. The van der Waals surface area contributed by atoms with Crippen molar-refractivity contribution in [1.29, 1.82) is 0 Å². The molecule has 4 rings (SSSR count). The standard InChI is InChI=1S/C21H16ClF3N4OS2/c1-2-29-19(14-10-31-17-6-4-3-5-13(14)17)27-28-20(29)32-11-18(30)26-16-9-12(21(23,24)25)7-8-15(16)22/h3-10H,2,11H2,1H3,(H,26,30). The van der Waals surface area contributed by atoms with E-state index < -0.39 is 17.6 Å². The third-order valence-electron chi connectivity index (χ3n) is 4.66. The van der Waals surface area contributed by atoms with Crippen molar-refractivity contribution < 1.29 is 18.0 Å². The first-order chi connectivity index (χ1) is 15.3. The number of amides is 1. The van der Waals surface area contributed by atoms with Gasteiger partial charge in [0.2, 0.25) is 5.91 Å². The minimum atomic E-state index is -4.53. The largest absolute Gasteiger partial charge is 0.416 e. The fourth-order valence-electron chi connectivity index (χ4n) is 3.14. The highest BCUT2D eigenvalue weighted by Crippen LogP contribution is 2.35. The van der Waals surface area contributed by atoms with Gasteiger partial charge in [0.25, 0.3) is 0 Å². The summed E-state index contributed by atoms with van der Waals surface area (Å²) in [4.78, 5) is 12.4. The minimum Gasteiger partial charge on any atom is -0.324 e. The molecule has 2 aromatic heterocycles. The van der Waals surface area contributed by atoms with E-state index in [1.807, 2.05) is 41.1 Å². The van der Waals surface area contributed by atoms with E-state index in [1.54, 1.807) is 11.3 Å². The summed E-state index contributed by atoms with van der Waals surface area (Å²) in [6.45, 7) is 2.55. The zero-order chi connectivity index (χ0) is 22.9. The van der Waals surface area contributed by atoms with Gasteiger partial charge < -0.3 is 9.88 Å². The number of thiophene rings is 1. The second kappa shape index (κ2) is 9.13. The number of benzene rings is 2. The molecule has 1 N–H and O–H groups in total. The molecule has 0 unspecified atom stereocenters. The molecule has 0 spiro atoms. The van der Waals surface area contributed by atoms with Crippen LogP contribution < -0.4 is 5.32 Å². The van der Waals surface area contributed by atoms with Crippen molar-refractivity contribution in [3.05, 3.63) is 58.4 Å². The third kappa shape index (κ3) is 4.62. The predicted octanol–water partition coefficient (Wildman–Crippen LogP) is 6.58. The van der Waals surface area contributed by atoms with Crippen molar-refractivity contribution >= 4 is 56.4 Å². The van der Waals surface area contributed by atoms with E-state index in [4.69, 9.17) is 11.6 Å². The molecule has 0 atom stereocenters. The van der Waals surface area contributed by atoms with Gasteiger partial charge in [-0.1, -0.05) is 41.6 Å². The summed E-state index contributed by atoms with van der Waals surface area (Å²) in [6.07, 6.45) is -4.53. The first-order valence-corrected chi connectivity index (χ1v) is 11.7. The Bertz CT molecular complexity index is 1290. The van der Waals surface area contributed by atoms with Crippen LogP contribution in [0, 0.1) is 0 Å². The number of fused-ring (bicyclic) bond motifs is 1. The third-order valence-corrected chi connectivity index (χ3v) is 6.91. The summed E-state index contributed by atoms with van der Waals surface area (Å²) < 4.78 is 41.8. The van der Waals surface area contributed by atoms with Gasteiger partial charge in [0.1, 0.15) is 0 Å². The van der Waals surface area contributed by atoms with E-state index in [0.29, 0.717) is 17.5 Å². The average Bonchev–Trinajstić information content (AvgIpc) is 3.36. The van der Waals surface area contributed by atoms with Gasteiger partial charge in [-0.05, 0) is 31.2 Å². The second-order valence-electron chi connectivity index (χ2n) is 6.73. The van der Waals surface area contributed by atoms with Gasteiger partial charge in [-0.2, -0.15) is 13.2 Å². The Morgan fingerprint density at radius 3 is 2.75 bits per heavy atom. The van der Waals surface area contributed by atoms with E-state index in [0.717, 1.165) is 45.6 Å². The van der Waals surface area contributed by atoms with Crippen LogP contribution in [0.5, 0.6) is 0 Å². The number of carbonyl (C=O) groups excluding carboxylic acids is 1. The summed E-state index contributed by atoms with van der Waals surface area (Å²) in [5, 5.41) is 14.6. The molecule has 1 amide bonds. The Kier molecular flexibility index (Phi) is 6.45. The predicted molar refractivity (Wildman–Crippen MR) is 122 cm³/mol. The normalized spacial score (nSPS) is 11.8. The lowest BCUT2D eigenvalue weighted by Crippen LogP contribution is -2.16. The number of alkyl halides is 3. The number of hydrogen-bond donors (Lipinski definition) is 1. The van der Waals surface area contributed by atoms with Crippen molar-refractivity contribution in [3.8, 4) is 11.4 Å². The quantitative estimate of drug-likeness (QED) is 0.306. The maximum Gasteiger partial charge on any atom is 0.416 e. The fourth-order valence-corrected chi connectivity index (χ4v) is 5.05. The zero-order valence-electron chi connectivity index (χ0n) is 16.6. The molecule has 32 heavy (non-hydrogen) atoms. The molecule has 4 aromatic rings. The average molecular weight is 497 g/mol. The maximum absolute atomic E-state index is 12.9. The van der Waals surface area contributed by atoms with Crippen LogP contribution in [0.25, 0.3) is 21.5 Å². The molecule has 0 saturated carbocycles. The number of nitrogens with one attached hydrogen (secondary N) is 1. The number of halogens is 4. The molecule has 2 aromatic carbocycles. The Balaban J connectivity index is 1.50. The first-order valence-electron chi connectivity index (χ1n) is 9.47. The lowest BCUT2D eigenvalue weighted by atomic mass is 10.1. The number of anilines is 1. The second-order valence-corrected chi connectivity index (χ2v) is 8.99. The SMILES string of the molecule is CCn1c(SCC(=O)Nc2cc(C(F)(F)F)ccc2Cl)nnc1-c1csc2ccccc12. The topological polar surface area (TPSA) is 59.8 Å². The zero-order valence-corrected chi connectivity index (χ0v) is 19.0. The summed E-state index contributed by atoms with van der Waals surface area (Å²) in [5.41, 5.74) is -0.00954. The molecule has 11 heteroatoms. The van der Waals surface area contributed by atoms with Crippen LogP contribution in [-0.2, 0) is 17.5 Å². The van der Waals surface area contributed by atoms with Crippen LogP contribution in [-0.4, -0.2) is 26.4 Å². The maximum atomic E-state index is 12.9. The van der Waals surface area contributed by atoms with Gasteiger partial charge in [-0.3, -0.25) is 4.79 Å². The number of carbonyl (C=O) groups is 1. The summed E-state index contributed by atoms with van der Waals surface area (Å²) in [5.74, 6) is 0.146. The first kappa shape index (κ1) is 22.6. The molecule has 0 bridgehead atoms. The highest BCUT2D eigenvalue weighted by Gasteiger charge is 2.31. The van der Waals surface area contributed by atoms with Gasteiger partial charge in [-0.15, -0.1) is 21.5 Å². The summed E-state index contributed by atoms with van der Waals surface area (Å²) >= 11 is 8.72. The molecular weight excluding hydrogens is 481 g/mol. The van der Waals surface area contributed by atoms with E-state index in [2.05, 4.69) is 15.5 Å². The lowest BCUT2D eigenvalue weighted by Gasteiger charge is -2.11. The number of aromatic nitrogens is 3. The summed E-state index contributed by atoms with van der Waals surface area (Å²) in [7, 11) is 0. The van der Waals surface area contributed by atoms with Crippen molar-refractivity contribution in [2.24, 2.45) is 0 Å². The van der Waals surface area contributed by atoms with E-state index in [1.165, 1.54) is 0 Å². The highest BCUT2D eigenvalue weighted by molar-refractivity contribution is 7.99. The summed E-state index contributed by atoms with van der Waals surface area (Å²) in [6, 6.07) is 10.8. The van der Waals surface area contributed by atoms with Gasteiger partial charge in [0.05, 0.1) is 22.0 Å². The van der Waals surface area contributed by atoms with E-state index >= 15 is 0 Å². The van der Waals surface area contributed by atoms with Crippen LogP contribution >= 0.6 is 34.7 Å². The van der Waals surface area contributed by atoms with Gasteiger partial charge >= 0.3 is 6.18 Å². The van der Waals surface area contributed by atoms with Crippen molar-refractivity contribution in [3.63, 3.8) is 0 Å². The monoisotopic (exact) mass is 496 g/mol. The Labute approximate surface area is 194 Å². The molecule has 0 aliphatic carbocycles. The number of thioether (sulfide) groups is 1. The molecule has 166 valence electrons.